The van der Waals surface area contributed by atoms with E-state index in [2.05, 4.69) is 10.3 Å². The van der Waals surface area contributed by atoms with Gasteiger partial charge >= 0.3 is 0 Å². The molecule has 3 N–H and O–H groups in total. The Morgan fingerprint density at radius 2 is 1.95 bits per heavy atom. The maximum Gasteiger partial charge on any atom is 0.265 e. The van der Waals surface area contributed by atoms with Crippen molar-refractivity contribution in [2.45, 2.75) is 6.92 Å². The Morgan fingerprint density at radius 1 is 1.32 bits per heavy atom. The number of amides is 1. The van der Waals surface area contributed by atoms with Crippen LogP contribution < -0.4 is 11.2 Å². The predicted octanol–water partition coefficient (Wildman–Crippen LogP) is 0.609. The van der Waals surface area contributed by atoms with Crippen molar-refractivity contribution in [3.63, 3.8) is 0 Å². The summed E-state index contributed by atoms with van der Waals surface area (Å²) in [6.45, 7) is 4.89. The summed E-state index contributed by atoms with van der Waals surface area (Å²) in [5.41, 5.74) is 9.36. The van der Waals surface area contributed by atoms with Crippen LogP contribution in [0, 0.1) is 12.7 Å². The van der Waals surface area contributed by atoms with E-state index in [-0.39, 0.29) is 11.5 Å². The van der Waals surface area contributed by atoms with Gasteiger partial charge in [0.05, 0.1) is 0 Å². The van der Waals surface area contributed by atoms with Gasteiger partial charge in [-0.3, -0.25) is 10.2 Å². The number of nitrogen functional groups attached to an aromatic ring is 1. The topological polar surface area (TPSA) is 61.6 Å². The van der Waals surface area contributed by atoms with Crippen molar-refractivity contribution in [2.75, 3.05) is 39.0 Å². The lowest BCUT2D eigenvalue weighted by Crippen LogP contribution is -2.52. The lowest BCUT2D eigenvalue weighted by atomic mass is 10.1. The number of hydrogen-bond donors (Lipinski definition) is 2. The van der Waals surface area contributed by atoms with E-state index >= 15 is 0 Å². The molecule has 0 aromatic heterocycles. The van der Waals surface area contributed by atoms with Crippen LogP contribution in [-0.4, -0.2) is 49.0 Å². The summed E-state index contributed by atoms with van der Waals surface area (Å²) < 4.78 is 13.5. The van der Waals surface area contributed by atoms with Crippen LogP contribution in [0.25, 0.3) is 0 Å². The van der Waals surface area contributed by atoms with Gasteiger partial charge in [-0.1, -0.05) is 0 Å². The monoisotopic (exact) mass is 266 g/mol. The van der Waals surface area contributed by atoms with Crippen LogP contribution in [0.5, 0.6) is 0 Å². The van der Waals surface area contributed by atoms with E-state index in [1.54, 1.807) is 6.92 Å². The number of benzene rings is 1. The SMILES string of the molecule is Cc1c(N)cc(C(=O)NN2CCN(C)CC2)cc1F. The molecule has 1 amide bonds. The molecular weight excluding hydrogens is 247 g/mol. The number of anilines is 1. The number of nitrogens with zero attached hydrogens (tertiary/aromatic N) is 2. The van der Waals surface area contributed by atoms with Crippen molar-refractivity contribution < 1.29 is 9.18 Å². The van der Waals surface area contributed by atoms with Gasteiger partial charge in [0.15, 0.2) is 0 Å². The molecule has 0 radical (unpaired) electrons. The molecule has 1 aromatic rings. The number of nitrogens with two attached hydrogens (primary N) is 1. The lowest BCUT2D eigenvalue weighted by molar-refractivity contribution is 0.0662. The fourth-order valence-corrected chi connectivity index (χ4v) is 1.96. The summed E-state index contributed by atoms with van der Waals surface area (Å²) in [4.78, 5) is 14.2. The van der Waals surface area contributed by atoms with Crippen LogP contribution in [0.2, 0.25) is 0 Å². The first kappa shape index (κ1) is 13.8. The fourth-order valence-electron chi connectivity index (χ4n) is 1.96. The zero-order valence-electron chi connectivity index (χ0n) is 11.2. The van der Waals surface area contributed by atoms with Gasteiger partial charge in [0.1, 0.15) is 5.82 Å². The molecule has 5 nitrogen and oxygen atoms in total. The maximum atomic E-state index is 13.5. The number of likely N-dealkylation sites (N-methyl/N-ethyl adjacent to an activating group) is 1. The first-order chi connectivity index (χ1) is 8.97. The number of piperazine rings is 1. The van der Waals surface area contributed by atoms with Crippen molar-refractivity contribution in [3.8, 4) is 0 Å². The number of rotatable bonds is 2. The van der Waals surface area contributed by atoms with Crippen molar-refractivity contribution in [2.24, 2.45) is 0 Å². The van der Waals surface area contributed by atoms with E-state index in [1.165, 1.54) is 12.1 Å². The van der Waals surface area contributed by atoms with Gasteiger partial charge in [-0.05, 0) is 26.1 Å². The second-order valence-corrected chi connectivity index (χ2v) is 4.90. The lowest BCUT2D eigenvalue weighted by Gasteiger charge is -2.32. The molecule has 1 fully saturated rings. The third kappa shape index (κ3) is 3.21. The van der Waals surface area contributed by atoms with Crippen LogP contribution in [0.4, 0.5) is 10.1 Å². The van der Waals surface area contributed by atoms with Gasteiger partial charge in [0.2, 0.25) is 0 Å². The van der Waals surface area contributed by atoms with Crippen molar-refractivity contribution in [1.82, 2.24) is 15.3 Å². The second kappa shape index (κ2) is 5.54. The molecule has 0 saturated carbocycles. The minimum atomic E-state index is -0.455. The molecule has 0 spiro atoms. The number of hydrazine groups is 1. The molecule has 19 heavy (non-hydrogen) atoms. The van der Waals surface area contributed by atoms with Crippen molar-refractivity contribution in [1.29, 1.82) is 0 Å². The van der Waals surface area contributed by atoms with Crippen molar-refractivity contribution in [3.05, 3.63) is 29.1 Å². The molecule has 1 aliphatic heterocycles. The smallest absolute Gasteiger partial charge is 0.265 e. The fraction of sp³-hybridized carbons (Fsp3) is 0.462. The van der Waals surface area contributed by atoms with E-state index in [4.69, 9.17) is 5.73 Å². The van der Waals surface area contributed by atoms with Gasteiger partial charge in [-0.15, -0.1) is 0 Å². The average molecular weight is 266 g/mol. The standard InChI is InChI=1S/C13H19FN4O/c1-9-11(14)7-10(8-12(9)15)13(19)16-18-5-3-17(2)4-6-18/h7-8H,3-6,15H2,1-2H3,(H,16,19). The molecule has 6 heteroatoms. The molecule has 1 aliphatic rings. The zero-order valence-corrected chi connectivity index (χ0v) is 11.2. The predicted molar refractivity (Wildman–Crippen MR) is 72.1 cm³/mol. The minimum absolute atomic E-state index is 0.250. The third-order valence-corrected chi connectivity index (χ3v) is 3.41. The van der Waals surface area contributed by atoms with Crippen LogP contribution in [-0.2, 0) is 0 Å². The Kier molecular flexibility index (Phi) is 4.01. The Hall–Kier alpha value is -1.66. The van der Waals surface area contributed by atoms with Gasteiger partial charge < -0.3 is 10.6 Å². The van der Waals surface area contributed by atoms with Crippen molar-refractivity contribution >= 4 is 11.6 Å². The van der Waals surface area contributed by atoms with E-state index < -0.39 is 5.82 Å². The van der Waals surface area contributed by atoms with Crippen LogP contribution in [0.15, 0.2) is 12.1 Å². The normalized spacial score (nSPS) is 17.4. The average Bonchev–Trinajstić information content (AvgIpc) is 2.38. The maximum absolute atomic E-state index is 13.5. The summed E-state index contributed by atoms with van der Waals surface area (Å²) in [6.07, 6.45) is 0. The highest BCUT2D eigenvalue weighted by molar-refractivity contribution is 5.95. The molecular formula is C13H19FN4O. The first-order valence-electron chi connectivity index (χ1n) is 6.27. The number of nitrogens with one attached hydrogen (secondary N) is 1. The molecule has 2 rings (SSSR count). The first-order valence-corrected chi connectivity index (χ1v) is 6.27. The van der Waals surface area contributed by atoms with Crippen LogP contribution >= 0.6 is 0 Å². The number of halogens is 1. The summed E-state index contributed by atoms with van der Waals surface area (Å²) in [6, 6.07) is 2.72. The zero-order chi connectivity index (χ0) is 14.0. The molecule has 104 valence electrons. The third-order valence-electron chi connectivity index (χ3n) is 3.41. The Balaban J connectivity index is 2.04. The Morgan fingerprint density at radius 3 is 2.53 bits per heavy atom. The summed E-state index contributed by atoms with van der Waals surface area (Å²) in [5, 5.41) is 1.84. The number of carbonyl (C=O) groups excluding carboxylic acids is 1. The van der Waals surface area contributed by atoms with E-state index in [9.17, 15) is 9.18 Å². The Labute approximate surface area is 112 Å². The van der Waals surface area contributed by atoms with Crippen LogP contribution in [0.3, 0.4) is 0 Å². The highest BCUT2D eigenvalue weighted by atomic mass is 19.1. The number of hydrogen-bond acceptors (Lipinski definition) is 4. The second-order valence-electron chi connectivity index (χ2n) is 4.90. The number of carbonyl (C=O) groups is 1. The van der Waals surface area contributed by atoms with Crippen LogP contribution in [0.1, 0.15) is 15.9 Å². The highest BCUT2D eigenvalue weighted by Crippen LogP contribution is 2.17. The molecule has 0 bridgehead atoms. The molecule has 0 unspecified atom stereocenters. The molecule has 0 atom stereocenters. The van der Waals surface area contributed by atoms with Gasteiger partial charge in [-0.25, -0.2) is 9.40 Å². The minimum Gasteiger partial charge on any atom is -0.398 e. The summed E-state index contributed by atoms with van der Waals surface area (Å²) in [5.74, 6) is -0.779. The highest BCUT2D eigenvalue weighted by Gasteiger charge is 2.17. The van der Waals surface area contributed by atoms with Gasteiger partial charge in [0.25, 0.3) is 5.91 Å². The van der Waals surface area contributed by atoms with E-state index in [0.29, 0.717) is 11.3 Å². The summed E-state index contributed by atoms with van der Waals surface area (Å²) >= 11 is 0. The van der Waals surface area contributed by atoms with E-state index in [0.717, 1.165) is 26.2 Å². The van der Waals surface area contributed by atoms with Gasteiger partial charge in [-0.2, -0.15) is 0 Å². The largest absolute Gasteiger partial charge is 0.398 e. The molecule has 1 aromatic carbocycles. The van der Waals surface area contributed by atoms with E-state index in [1.807, 2.05) is 12.1 Å². The summed E-state index contributed by atoms with van der Waals surface area (Å²) in [7, 11) is 2.04. The molecule has 1 saturated heterocycles. The molecule has 0 aliphatic carbocycles. The van der Waals surface area contributed by atoms with Gasteiger partial charge in [0, 0.05) is 43.0 Å². The molecule has 1 heterocycles. The Bertz CT molecular complexity index is 461. The quantitative estimate of drug-likeness (QED) is 0.770.